The van der Waals surface area contributed by atoms with Gasteiger partial charge in [0, 0.05) is 17.5 Å². The fourth-order valence-corrected chi connectivity index (χ4v) is 4.08. The van der Waals surface area contributed by atoms with Crippen LogP contribution in [0.25, 0.3) is 10.6 Å². The predicted molar refractivity (Wildman–Crippen MR) is 111 cm³/mol. The van der Waals surface area contributed by atoms with Gasteiger partial charge in [0.25, 0.3) is 10.2 Å². The number of hydrogen-bond acceptors (Lipinski definition) is 5. The van der Waals surface area contributed by atoms with Crippen molar-refractivity contribution in [3.8, 4) is 10.6 Å². The molecule has 1 amide bonds. The molecule has 146 valence electrons. The van der Waals surface area contributed by atoms with Gasteiger partial charge in [0.05, 0.1) is 22.8 Å². The van der Waals surface area contributed by atoms with E-state index < -0.39 is 10.2 Å². The Labute approximate surface area is 171 Å². The quantitative estimate of drug-likeness (QED) is 0.528. The van der Waals surface area contributed by atoms with Crippen LogP contribution in [0.2, 0.25) is 5.02 Å². The molecular formula is C18H17ClN4O3S2. The molecule has 1 aromatic heterocycles. The van der Waals surface area contributed by atoms with Gasteiger partial charge in [-0.05, 0) is 23.8 Å². The van der Waals surface area contributed by atoms with Crippen molar-refractivity contribution in [2.75, 3.05) is 4.72 Å². The number of hydrogen-bond donors (Lipinski definition) is 3. The molecule has 0 aliphatic carbocycles. The average molecular weight is 437 g/mol. The maximum absolute atomic E-state index is 12.2. The van der Waals surface area contributed by atoms with Gasteiger partial charge in [-0.15, -0.1) is 11.3 Å². The fourth-order valence-electron chi connectivity index (χ4n) is 2.48. The van der Waals surface area contributed by atoms with Crippen LogP contribution in [0, 0.1) is 0 Å². The molecule has 2 aromatic carbocycles. The van der Waals surface area contributed by atoms with E-state index in [0.29, 0.717) is 16.4 Å². The van der Waals surface area contributed by atoms with Crippen LogP contribution < -0.4 is 15.2 Å². The minimum absolute atomic E-state index is 0.135. The monoisotopic (exact) mass is 436 g/mol. The van der Waals surface area contributed by atoms with Crippen LogP contribution in [0.1, 0.15) is 11.3 Å². The number of carbonyl (C=O) groups is 1. The highest BCUT2D eigenvalue weighted by atomic mass is 35.5. The molecule has 0 saturated heterocycles. The Balaban J connectivity index is 1.58. The van der Waals surface area contributed by atoms with E-state index in [1.165, 1.54) is 11.3 Å². The molecule has 0 fully saturated rings. The van der Waals surface area contributed by atoms with Gasteiger partial charge in [0.2, 0.25) is 5.91 Å². The third-order valence-electron chi connectivity index (χ3n) is 3.67. The van der Waals surface area contributed by atoms with Crippen molar-refractivity contribution < 1.29 is 13.2 Å². The molecule has 0 unspecified atom stereocenters. The Bertz CT molecular complexity index is 1100. The summed E-state index contributed by atoms with van der Waals surface area (Å²) in [4.78, 5) is 16.7. The summed E-state index contributed by atoms with van der Waals surface area (Å²) in [5, 5.41) is 10.9. The highest BCUT2D eigenvalue weighted by Crippen LogP contribution is 2.30. The third-order valence-corrected chi connectivity index (χ3v) is 5.45. The first-order valence-electron chi connectivity index (χ1n) is 8.15. The van der Waals surface area contributed by atoms with Gasteiger partial charge < -0.3 is 5.32 Å². The molecule has 0 bridgehead atoms. The number of rotatable bonds is 7. The van der Waals surface area contributed by atoms with E-state index in [-0.39, 0.29) is 18.9 Å². The SMILES string of the molecule is NS(=O)(=O)Nc1cccc(CNC(=O)Cc2csc(-c3ccccc3Cl)n2)c1. The molecule has 0 aliphatic rings. The van der Waals surface area contributed by atoms with Crippen molar-refractivity contribution in [3.63, 3.8) is 0 Å². The zero-order valence-corrected chi connectivity index (χ0v) is 16.9. The zero-order valence-electron chi connectivity index (χ0n) is 14.6. The topological polar surface area (TPSA) is 114 Å². The number of nitrogens with one attached hydrogen (secondary N) is 2. The standard InChI is InChI=1S/C18H17ClN4O3S2/c19-16-7-2-1-6-15(16)18-22-14(11-27-18)9-17(24)21-10-12-4-3-5-13(8-12)23-28(20,25)26/h1-8,11,23H,9-10H2,(H,21,24)(H2,20,25,26). The largest absolute Gasteiger partial charge is 0.352 e. The summed E-state index contributed by atoms with van der Waals surface area (Å²) in [6, 6.07) is 14.0. The number of aromatic nitrogens is 1. The van der Waals surface area contributed by atoms with Gasteiger partial charge in [-0.3, -0.25) is 9.52 Å². The fraction of sp³-hybridized carbons (Fsp3) is 0.111. The molecule has 0 radical (unpaired) electrons. The van der Waals surface area contributed by atoms with E-state index in [9.17, 15) is 13.2 Å². The van der Waals surface area contributed by atoms with Crippen LogP contribution in [0.4, 0.5) is 5.69 Å². The molecule has 0 aliphatic heterocycles. The number of carbonyl (C=O) groups excluding carboxylic acids is 1. The number of amides is 1. The Morgan fingerprint density at radius 1 is 1.18 bits per heavy atom. The van der Waals surface area contributed by atoms with Gasteiger partial charge >= 0.3 is 0 Å². The van der Waals surface area contributed by atoms with Crippen molar-refractivity contribution in [1.29, 1.82) is 0 Å². The second kappa shape index (κ2) is 8.70. The molecule has 7 nitrogen and oxygen atoms in total. The summed E-state index contributed by atoms with van der Waals surface area (Å²) >= 11 is 7.61. The van der Waals surface area contributed by atoms with Crippen LogP contribution in [-0.4, -0.2) is 19.3 Å². The lowest BCUT2D eigenvalue weighted by Gasteiger charge is -2.07. The van der Waals surface area contributed by atoms with Gasteiger partial charge in [0.15, 0.2) is 0 Å². The van der Waals surface area contributed by atoms with Crippen LogP contribution >= 0.6 is 22.9 Å². The van der Waals surface area contributed by atoms with Crippen LogP contribution in [-0.2, 0) is 28.0 Å². The zero-order chi connectivity index (χ0) is 20.1. The van der Waals surface area contributed by atoms with E-state index in [1.54, 1.807) is 30.3 Å². The van der Waals surface area contributed by atoms with Crippen molar-refractivity contribution in [1.82, 2.24) is 10.3 Å². The molecule has 4 N–H and O–H groups in total. The summed E-state index contributed by atoms with van der Waals surface area (Å²) in [6.45, 7) is 0.250. The smallest absolute Gasteiger partial charge is 0.296 e. The summed E-state index contributed by atoms with van der Waals surface area (Å²) in [6.07, 6.45) is 0.135. The molecule has 3 aromatic rings. The number of anilines is 1. The molecule has 0 atom stereocenters. The third kappa shape index (κ3) is 5.77. The highest BCUT2D eigenvalue weighted by Gasteiger charge is 2.11. The van der Waals surface area contributed by atoms with Gasteiger partial charge in [-0.2, -0.15) is 8.42 Å². The lowest BCUT2D eigenvalue weighted by atomic mass is 10.2. The predicted octanol–water partition coefficient (Wildman–Crippen LogP) is 2.94. The second-order valence-electron chi connectivity index (χ2n) is 5.92. The van der Waals surface area contributed by atoms with Crippen LogP contribution in [0.15, 0.2) is 53.9 Å². The summed E-state index contributed by atoms with van der Waals surface area (Å²) in [7, 11) is -3.84. The Morgan fingerprint density at radius 3 is 2.71 bits per heavy atom. The van der Waals surface area contributed by atoms with Crippen LogP contribution in [0.5, 0.6) is 0 Å². The molecular weight excluding hydrogens is 420 g/mol. The first kappa shape index (κ1) is 20.3. The molecule has 28 heavy (non-hydrogen) atoms. The first-order chi connectivity index (χ1) is 13.3. The van der Waals surface area contributed by atoms with Gasteiger partial charge in [-0.1, -0.05) is 41.9 Å². The lowest BCUT2D eigenvalue weighted by Crippen LogP contribution is -2.25. The Morgan fingerprint density at radius 2 is 1.96 bits per heavy atom. The van der Waals surface area contributed by atoms with Crippen molar-refractivity contribution in [3.05, 3.63) is 70.2 Å². The van der Waals surface area contributed by atoms with Gasteiger partial charge in [-0.25, -0.2) is 10.1 Å². The van der Waals surface area contributed by atoms with Crippen molar-refractivity contribution in [2.24, 2.45) is 5.14 Å². The summed E-state index contributed by atoms with van der Waals surface area (Å²) < 4.78 is 24.4. The summed E-state index contributed by atoms with van der Waals surface area (Å²) in [5.74, 6) is -0.194. The molecule has 1 heterocycles. The summed E-state index contributed by atoms with van der Waals surface area (Å²) in [5.41, 5.74) is 2.55. The van der Waals surface area contributed by atoms with E-state index in [1.807, 2.05) is 23.6 Å². The average Bonchev–Trinajstić information content (AvgIpc) is 3.07. The maximum Gasteiger partial charge on any atom is 0.296 e. The van der Waals surface area contributed by atoms with Gasteiger partial charge in [0.1, 0.15) is 5.01 Å². The van der Waals surface area contributed by atoms with E-state index in [4.69, 9.17) is 16.7 Å². The molecule has 3 rings (SSSR count). The number of nitrogens with zero attached hydrogens (tertiary/aromatic N) is 1. The number of thiazole rings is 1. The number of halogens is 1. The normalized spacial score (nSPS) is 11.2. The number of nitrogens with two attached hydrogens (primary N) is 1. The van der Waals surface area contributed by atoms with E-state index in [2.05, 4.69) is 15.0 Å². The maximum atomic E-state index is 12.2. The minimum atomic E-state index is -3.84. The molecule has 0 saturated carbocycles. The van der Waals surface area contributed by atoms with E-state index >= 15 is 0 Å². The second-order valence-corrected chi connectivity index (χ2v) is 8.48. The van der Waals surface area contributed by atoms with Crippen molar-refractivity contribution >= 4 is 44.7 Å². The van der Waals surface area contributed by atoms with Crippen LogP contribution in [0.3, 0.4) is 0 Å². The Hall–Kier alpha value is -2.46. The molecule has 10 heteroatoms. The van der Waals surface area contributed by atoms with E-state index in [0.717, 1.165) is 16.1 Å². The molecule has 0 spiro atoms. The number of benzene rings is 2. The van der Waals surface area contributed by atoms with Crippen molar-refractivity contribution in [2.45, 2.75) is 13.0 Å². The highest BCUT2D eigenvalue weighted by molar-refractivity contribution is 7.90. The Kier molecular flexibility index (Phi) is 6.30. The minimum Gasteiger partial charge on any atom is -0.352 e. The lowest BCUT2D eigenvalue weighted by molar-refractivity contribution is -0.120. The first-order valence-corrected chi connectivity index (χ1v) is 11.0.